The van der Waals surface area contributed by atoms with Crippen LogP contribution >= 0.6 is 0 Å². The molecule has 2 aromatic carbocycles. The van der Waals surface area contributed by atoms with Crippen molar-refractivity contribution in [3.05, 3.63) is 65.2 Å². The van der Waals surface area contributed by atoms with Gasteiger partial charge in [0.05, 0.1) is 6.61 Å². The second-order valence-electron chi connectivity index (χ2n) is 11.3. The number of amides is 1. The van der Waals surface area contributed by atoms with E-state index < -0.39 is 12.1 Å². The molecule has 2 fully saturated rings. The van der Waals surface area contributed by atoms with E-state index in [-0.39, 0.29) is 5.91 Å². The van der Waals surface area contributed by atoms with Crippen molar-refractivity contribution in [1.29, 1.82) is 0 Å². The minimum Gasteiger partial charge on any atom is -0.493 e. The summed E-state index contributed by atoms with van der Waals surface area (Å²) in [6.45, 7) is 10.8. The molecule has 0 bridgehead atoms. The summed E-state index contributed by atoms with van der Waals surface area (Å²) in [5, 5.41) is 7.12. The molecule has 0 aliphatic carbocycles. The largest absolute Gasteiger partial charge is 0.493 e. The lowest BCUT2D eigenvalue weighted by Gasteiger charge is -2.35. The number of fused-ring (bicyclic) bond motifs is 1. The minimum absolute atomic E-state index is 0.284. The first kappa shape index (κ1) is 31.5. The van der Waals surface area contributed by atoms with E-state index in [2.05, 4.69) is 67.0 Å². The van der Waals surface area contributed by atoms with E-state index in [9.17, 15) is 18.0 Å². The zero-order valence-electron chi connectivity index (χ0n) is 23.6. The topological polar surface area (TPSA) is 70.1 Å². The number of hydrogen-bond acceptors (Lipinski definition) is 4. The number of halogens is 3. The zero-order valence-corrected chi connectivity index (χ0v) is 23.6. The number of ether oxygens (including phenoxy) is 1. The predicted molar refractivity (Wildman–Crippen MR) is 148 cm³/mol. The van der Waals surface area contributed by atoms with Crippen LogP contribution in [0.2, 0.25) is 0 Å². The van der Waals surface area contributed by atoms with Crippen molar-refractivity contribution in [2.75, 3.05) is 19.7 Å². The Labute approximate surface area is 235 Å². The molecule has 2 aliphatic rings. The molecule has 0 aromatic heterocycles. The Bertz CT molecular complexity index is 1090. The number of alkyl halides is 3. The van der Waals surface area contributed by atoms with Gasteiger partial charge in [-0.05, 0) is 80.8 Å². The van der Waals surface area contributed by atoms with Gasteiger partial charge in [0.25, 0.3) is 0 Å². The van der Waals surface area contributed by atoms with Gasteiger partial charge in [-0.25, -0.2) is 4.79 Å². The Kier molecular flexibility index (Phi) is 11.4. The predicted octanol–water partition coefficient (Wildman–Crippen LogP) is 6.46. The fourth-order valence-corrected chi connectivity index (χ4v) is 5.19. The van der Waals surface area contributed by atoms with Crippen LogP contribution in [0.4, 0.5) is 13.2 Å². The van der Waals surface area contributed by atoms with Crippen LogP contribution in [0, 0.1) is 18.8 Å². The molecule has 2 heterocycles. The highest BCUT2D eigenvalue weighted by Crippen LogP contribution is 2.32. The molecule has 4 rings (SSSR count). The van der Waals surface area contributed by atoms with Crippen LogP contribution < -0.4 is 4.74 Å². The van der Waals surface area contributed by atoms with Gasteiger partial charge >= 0.3 is 12.1 Å². The number of aliphatic carboxylic acids is 1. The number of piperidine rings is 1. The minimum atomic E-state index is -5.08. The van der Waals surface area contributed by atoms with E-state index >= 15 is 0 Å². The first-order valence-electron chi connectivity index (χ1n) is 14.0. The molecule has 2 aromatic rings. The Morgan fingerprint density at radius 1 is 1.00 bits per heavy atom. The lowest BCUT2D eigenvalue weighted by atomic mass is 9.88. The summed E-state index contributed by atoms with van der Waals surface area (Å²) in [5.74, 6) is -0.556. The Balaban J connectivity index is 0.000000559. The van der Waals surface area contributed by atoms with Gasteiger partial charge in [0.2, 0.25) is 5.91 Å². The number of benzene rings is 2. The second kappa shape index (κ2) is 14.5. The van der Waals surface area contributed by atoms with Gasteiger partial charge in [-0.3, -0.25) is 4.79 Å². The quantitative estimate of drug-likeness (QED) is 0.380. The first-order valence-corrected chi connectivity index (χ1v) is 14.0. The van der Waals surface area contributed by atoms with Crippen LogP contribution in [-0.4, -0.2) is 58.7 Å². The lowest BCUT2D eigenvalue weighted by Crippen LogP contribution is -2.40. The van der Waals surface area contributed by atoms with Crippen molar-refractivity contribution in [1.82, 2.24) is 9.80 Å². The number of carbonyl (C=O) groups excluding carboxylic acids is 1. The summed E-state index contributed by atoms with van der Waals surface area (Å²) in [5.41, 5.74) is 3.59. The standard InChI is InChI=1S/C29H40N2O2.C2HF3O2/c1-22(2)21-33-28-12-10-25(11-13-28)20-31(19-24-8-6-23(3)7-9-24)29(32)18-26-14-16-30-15-4-5-27(30)17-26;3-2(4,5)1(6)7/h6-13,22,26-27H,4-5,14-21H2,1-3H3;(H,6,7)/t26-,27-;/m1./s1. The van der Waals surface area contributed by atoms with Crippen LogP contribution in [0.25, 0.3) is 0 Å². The summed E-state index contributed by atoms with van der Waals surface area (Å²) >= 11 is 0. The first-order chi connectivity index (χ1) is 18.9. The maximum absolute atomic E-state index is 13.5. The van der Waals surface area contributed by atoms with E-state index in [0.29, 0.717) is 37.4 Å². The molecule has 2 atom stereocenters. The Morgan fingerprint density at radius 2 is 1.57 bits per heavy atom. The third-order valence-corrected chi connectivity index (χ3v) is 7.36. The fraction of sp³-hybridized carbons (Fsp3) is 0.548. The monoisotopic (exact) mass is 562 g/mol. The van der Waals surface area contributed by atoms with E-state index in [1.54, 1.807) is 0 Å². The number of hydrogen-bond donors (Lipinski definition) is 1. The van der Waals surface area contributed by atoms with E-state index in [0.717, 1.165) is 24.3 Å². The molecule has 0 radical (unpaired) electrons. The highest BCUT2D eigenvalue weighted by molar-refractivity contribution is 5.76. The summed E-state index contributed by atoms with van der Waals surface area (Å²) in [6, 6.07) is 17.5. The van der Waals surface area contributed by atoms with E-state index in [1.165, 1.54) is 43.5 Å². The van der Waals surface area contributed by atoms with Crippen LogP contribution in [0.5, 0.6) is 5.75 Å². The molecule has 9 heteroatoms. The molecule has 0 saturated carbocycles. The average Bonchev–Trinajstić information content (AvgIpc) is 3.37. The maximum Gasteiger partial charge on any atom is 0.490 e. The van der Waals surface area contributed by atoms with E-state index in [1.807, 2.05) is 12.1 Å². The molecule has 40 heavy (non-hydrogen) atoms. The summed E-state index contributed by atoms with van der Waals surface area (Å²) < 4.78 is 37.6. The van der Waals surface area contributed by atoms with E-state index in [4.69, 9.17) is 14.6 Å². The Hall–Kier alpha value is -3.07. The van der Waals surface area contributed by atoms with Crippen LogP contribution in [0.1, 0.15) is 62.6 Å². The molecule has 0 unspecified atom stereocenters. The van der Waals surface area contributed by atoms with Crippen LogP contribution in [0.15, 0.2) is 48.5 Å². The molecule has 0 spiro atoms. The third-order valence-electron chi connectivity index (χ3n) is 7.36. The lowest BCUT2D eigenvalue weighted by molar-refractivity contribution is -0.192. The number of aryl methyl sites for hydroxylation is 1. The highest BCUT2D eigenvalue weighted by Gasteiger charge is 2.38. The molecular weight excluding hydrogens is 521 g/mol. The maximum atomic E-state index is 13.5. The summed E-state index contributed by atoms with van der Waals surface area (Å²) in [4.78, 5) is 27.1. The van der Waals surface area contributed by atoms with Gasteiger partial charge in [-0.15, -0.1) is 0 Å². The van der Waals surface area contributed by atoms with Crippen molar-refractivity contribution in [3.63, 3.8) is 0 Å². The molecule has 220 valence electrons. The van der Waals surface area contributed by atoms with Crippen LogP contribution in [0.3, 0.4) is 0 Å². The van der Waals surface area contributed by atoms with Crippen molar-refractivity contribution >= 4 is 11.9 Å². The smallest absolute Gasteiger partial charge is 0.490 e. The van der Waals surface area contributed by atoms with Crippen molar-refractivity contribution in [2.45, 2.75) is 78.2 Å². The van der Waals surface area contributed by atoms with Crippen molar-refractivity contribution in [2.24, 2.45) is 11.8 Å². The number of carboxylic acids is 1. The summed E-state index contributed by atoms with van der Waals surface area (Å²) in [7, 11) is 0. The molecule has 6 nitrogen and oxygen atoms in total. The third kappa shape index (κ3) is 10.2. The number of rotatable bonds is 9. The van der Waals surface area contributed by atoms with Gasteiger partial charge < -0.3 is 19.6 Å². The molecule has 2 saturated heterocycles. The number of carbonyl (C=O) groups is 2. The van der Waals surface area contributed by atoms with Gasteiger partial charge in [0.15, 0.2) is 0 Å². The number of carboxylic acid groups (broad SMARTS) is 1. The molecule has 2 aliphatic heterocycles. The van der Waals surface area contributed by atoms with Crippen molar-refractivity contribution < 1.29 is 32.6 Å². The van der Waals surface area contributed by atoms with Gasteiger partial charge in [-0.2, -0.15) is 13.2 Å². The Morgan fingerprint density at radius 3 is 2.12 bits per heavy atom. The second-order valence-corrected chi connectivity index (χ2v) is 11.3. The highest BCUT2D eigenvalue weighted by atomic mass is 19.4. The van der Waals surface area contributed by atoms with Crippen LogP contribution in [-0.2, 0) is 22.7 Å². The molecule has 1 amide bonds. The molecular formula is C31H41F3N2O4. The van der Waals surface area contributed by atoms with Gasteiger partial charge in [0, 0.05) is 25.6 Å². The number of nitrogens with zero attached hydrogens (tertiary/aromatic N) is 2. The molecule has 1 N–H and O–H groups in total. The van der Waals surface area contributed by atoms with Crippen molar-refractivity contribution in [3.8, 4) is 5.75 Å². The van der Waals surface area contributed by atoms with Gasteiger partial charge in [0.1, 0.15) is 5.75 Å². The fourth-order valence-electron chi connectivity index (χ4n) is 5.19. The normalized spacial score (nSPS) is 19.0. The summed E-state index contributed by atoms with van der Waals surface area (Å²) in [6.07, 6.45) is 0.561. The zero-order chi connectivity index (χ0) is 29.3. The van der Waals surface area contributed by atoms with Gasteiger partial charge in [-0.1, -0.05) is 55.8 Å². The average molecular weight is 563 g/mol. The SMILES string of the molecule is Cc1ccc(CN(Cc2ccc(OCC(C)C)cc2)C(=O)C[C@@H]2CCN3CCC[C@@H]3C2)cc1.O=C(O)C(F)(F)F.